The van der Waals surface area contributed by atoms with E-state index in [-0.39, 0.29) is 11.6 Å². The summed E-state index contributed by atoms with van der Waals surface area (Å²) in [6.07, 6.45) is 7.65. The van der Waals surface area contributed by atoms with Crippen molar-refractivity contribution in [3.8, 4) is 0 Å². The molecule has 0 radical (unpaired) electrons. The fourth-order valence-corrected chi connectivity index (χ4v) is 4.39. The number of fused-ring (bicyclic) bond motifs is 2. The Morgan fingerprint density at radius 2 is 1.94 bits per heavy atom. The molecular formula is C27H20ClFN2O. The van der Waals surface area contributed by atoms with Crippen LogP contribution in [0.4, 0.5) is 4.39 Å². The second kappa shape index (κ2) is 8.64. The first kappa shape index (κ1) is 20.5. The van der Waals surface area contributed by atoms with Crippen molar-refractivity contribution in [1.29, 1.82) is 0 Å². The van der Waals surface area contributed by atoms with Gasteiger partial charge in [-0.15, -0.1) is 0 Å². The fourth-order valence-electron chi connectivity index (χ4n) is 4.22. The number of carbonyl (C=O) groups excluding carboxylic acids is 1. The van der Waals surface area contributed by atoms with Crippen molar-refractivity contribution in [1.82, 2.24) is 9.97 Å². The third kappa shape index (κ3) is 4.32. The van der Waals surface area contributed by atoms with Crippen LogP contribution in [-0.2, 0) is 12.8 Å². The lowest BCUT2D eigenvalue weighted by atomic mass is 9.98. The minimum absolute atomic E-state index is 0.0924. The van der Waals surface area contributed by atoms with Gasteiger partial charge < -0.3 is 0 Å². The first-order valence-electron chi connectivity index (χ1n) is 10.6. The van der Waals surface area contributed by atoms with Gasteiger partial charge in [0.2, 0.25) is 0 Å². The Morgan fingerprint density at radius 1 is 1.03 bits per heavy atom. The zero-order valence-corrected chi connectivity index (χ0v) is 18.1. The van der Waals surface area contributed by atoms with E-state index in [1.165, 1.54) is 23.4 Å². The normalized spacial score (nSPS) is 12.6. The molecule has 158 valence electrons. The highest BCUT2D eigenvalue weighted by molar-refractivity contribution is 6.30. The highest BCUT2D eigenvalue weighted by atomic mass is 35.5. The smallest absolute Gasteiger partial charge is 0.163 e. The minimum Gasteiger partial charge on any atom is -0.294 e. The summed E-state index contributed by atoms with van der Waals surface area (Å²) in [5, 5.41) is 1.47. The van der Waals surface area contributed by atoms with E-state index in [9.17, 15) is 9.18 Å². The maximum absolute atomic E-state index is 13.5. The number of allylic oxidation sites excluding steroid dienone is 2. The lowest BCUT2D eigenvalue weighted by Gasteiger charge is -2.08. The predicted molar refractivity (Wildman–Crippen MR) is 125 cm³/mol. The van der Waals surface area contributed by atoms with Crippen LogP contribution in [0.15, 0.2) is 73.1 Å². The van der Waals surface area contributed by atoms with Crippen LogP contribution in [0, 0.1) is 5.82 Å². The molecule has 0 atom stereocenters. The van der Waals surface area contributed by atoms with Gasteiger partial charge in [0.05, 0.1) is 11.7 Å². The van der Waals surface area contributed by atoms with E-state index in [0.717, 1.165) is 34.1 Å². The third-order valence-electron chi connectivity index (χ3n) is 5.84. The van der Waals surface area contributed by atoms with Gasteiger partial charge in [-0.05, 0) is 77.6 Å². The van der Waals surface area contributed by atoms with Crippen LogP contribution < -0.4 is 0 Å². The molecule has 2 heterocycles. The van der Waals surface area contributed by atoms with E-state index >= 15 is 0 Å². The van der Waals surface area contributed by atoms with E-state index in [1.54, 1.807) is 12.3 Å². The van der Waals surface area contributed by atoms with Crippen molar-refractivity contribution in [2.45, 2.75) is 25.7 Å². The Balaban J connectivity index is 1.28. The van der Waals surface area contributed by atoms with E-state index in [0.29, 0.717) is 29.8 Å². The van der Waals surface area contributed by atoms with Crippen molar-refractivity contribution >= 4 is 33.9 Å². The number of Topliss-reactive ketones (excluding diaryl/α,β-unsaturated/α-hetero) is 1. The summed E-state index contributed by atoms with van der Waals surface area (Å²) >= 11 is 6.15. The van der Waals surface area contributed by atoms with Crippen LogP contribution in [0.3, 0.4) is 0 Å². The average molecular weight is 443 g/mol. The number of pyridine rings is 2. The molecule has 0 saturated heterocycles. The first-order valence-corrected chi connectivity index (χ1v) is 10.9. The van der Waals surface area contributed by atoms with Crippen molar-refractivity contribution in [2.24, 2.45) is 0 Å². The molecule has 0 bridgehead atoms. The topological polar surface area (TPSA) is 42.9 Å². The molecule has 0 amide bonds. The molecule has 0 unspecified atom stereocenters. The van der Waals surface area contributed by atoms with E-state index in [4.69, 9.17) is 11.6 Å². The van der Waals surface area contributed by atoms with E-state index in [2.05, 4.69) is 22.1 Å². The summed E-state index contributed by atoms with van der Waals surface area (Å²) < 4.78 is 13.5. The SMILES string of the molecule is O=C(CCC1=CCc2ccc(Cl)cc21)c1ccnc(Cc2ccc3ncc(F)cc3c2)c1. The molecule has 4 aromatic rings. The van der Waals surface area contributed by atoms with Gasteiger partial charge >= 0.3 is 0 Å². The third-order valence-corrected chi connectivity index (χ3v) is 6.08. The summed E-state index contributed by atoms with van der Waals surface area (Å²) in [5.41, 5.74) is 6.80. The summed E-state index contributed by atoms with van der Waals surface area (Å²) in [5.74, 6) is -0.266. The highest BCUT2D eigenvalue weighted by Gasteiger charge is 2.16. The lowest BCUT2D eigenvalue weighted by Crippen LogP contribution is -2.02. The quantitative estimate of drug-likeness (QED) is 0.315. The van der Waals surface area contributed by atoms with Gasteiger partial charge in [0.1, 0.15) is 5.82 Å². The number of carbonyl (C=O) groups is 1. The molecule has 5 heteroatoms. The van der Waals surface area contributed by atoms with Gasteiger partial charge in [-0.3, -0.25) is 14.8 Å². The molecule has 5 rings (SSSR count). The Morgan fingerprint density at radius 3 is 2.84 bits per heavy atom. The maximum Gasteiger partial charge on any atom is 0.163 e. The van der Waals surface area contributed by atoms with Gasteiger partial charge in [-0.1, -0.05) is 29.8 Å². The number of benzene rings is 2. The minimum atomic E-state index is -0.359. The second-order valence-electron chi connectivity index (χ2n) is 8.05. The summed E-state index contributed by atoms with van der Waals surface area (Å²) in [4.78, 5) is 21.4. The van der Waals surface area contributed by atoms with E-state index < -0.39 is 0 Å². The molecule has 2 aromatic heterocycles. The molecule has 2 aromatic carbocycles. The molecule has 0 aliphatic heterocycles. The summed E-state index contributed by atoms with van der Waals surface area (Å²) in [6.45, 7) is 0. The molecule has 0 saturated carbocycles. The van der Waals surface area contributed by atoms with Crippen LogP contribution >= 0.6 is 11.6 Å². The molecule has 1 aliphatic rings. The van der Waals surface area contributed by atoms with Crippen LogP contribution in [0.1, 0.15) is 45.6 Å². The average Bonchev–Trinajstić information content (AvgIpc) is 3.19. The molecule has 0 fully saturated rings. The molecule has 0 N–H and O–H groups in total. The van der Waals surface area contributed by atoms with Gasteiger partial charge in [0.25, 0.3) is 0 Å². The summed E-state index contributed by atoms with van der Waals surface area (Å²) in [6, 6.07) is 16.8. The lowest BCUT2D eigenvalue weighted by molar-refractivity contribution is 0.0984. The molecular weight excluding hydrogens is 423 g/mol. The zero-order valence-electron chi connectivity index (χ0n) is 17.3. The number of ketones is 1. The van der Waals surface area contributed by atoms with Gasteiger partial charge in [-0.25, -0.2) is 4.39 Å². The predicted octanol–water partition coefficient (Wildman–Crippen LogP) is 6.62. The summed E-state index contributed by atoms with van der Waals surface area (Å²) in [7, 11) is 0. The number of halogens is 2. The molecule has 3 nitrogen and oxygen atoms in total. The Kier molecular flexibility index (Phi) is 5.54. The van der Waals surface area contributed by atoms with Gasteiger partial charge in [0, 0.05) is 40.7 Å². The Bertz CT molecular complexity index is 1380. The number of nitrogens with zero attached hydrogens (tertiary/aromatic N) is 2. The Hall–Kier alpha value is -3.37. The first-order chi connectivity index (χ1) is 15.5. The van der Waals surface area contributed by atoms with Crippen molar-refractivity contribution in [2.75, 3.05) is 0 Å². The van der Waals surface area contributed by atoms with Crippen molar-refractivity contribution < 1.29 is 9.18 Å². The maximum atomic E-state index is 13.5. The highest BCUT2D eigenvalue weighted by Crippen LogP contribution is 2.33. The number of rotatable bonds is 6. The zero-order chi connectivity index (χ0) is 22.1. The second-order valence-corrected chi connectivity index (χ2v) is 8.49. The van der Waals surface area contributed by atoms with Crippen LogP contribution in [0.5, 0.6) is 0 Å². The van der Waals surface area contributed by atoms with Gasteiger partial charge in [0.15, 0.2) is 5.78 Å². The molecule has 0 spiro atoms. The standard InChI is InChI=1S/C27H20ClFN2O/c28-22-6-4-18-2-3-19(25(18)15-22)5-8-27(32)20-9-10-30-24(14-20)12-17-1-7-26-21(11-17)13-23(29)16-31-26/h1,3-4,6-7,9-11,13-16H,2,5,8,12H2. The number of hydrogen-bond donors (Lipinski definition) is 0. The van der Waals surface area contributed by atoms with Crippen LogP contribution in [-0.4, -0.2) is 15.8 Å². The monoisotopic (exact) mass is 442 g/mol. The molecule has 32 heavy (non-hydrogen) atoms. The number of aromatic nitrogens is 2. The van der Waals surface area contributed by atoms with Gasteiger partial charge in [-0.2, -0.15) is 0 Å². The molecule has 1 aliphatic carbocycles. The largest absolute Gasteiger partial charge is 0.294 e. The van der Waals surface area contributed by atoms with Crippen LogP contribution in [0.25, 0.3) is 16.5 Å². The van der Waals surface area contributed by atoms with Crippen molar-refractivity contribution in [3.63, 3.8) is 0 Å². The van der Waals surface area contributed by atoms with Crippen molar-refractivity contribution in [3.05, 3.63) is 112 Å². The number of hydrogen-bond acceptors (Lipinski definition) is 3. The van der Waals surface area contributed by atoms with Crippen LogP contribution in [0.2, 0.25) is 5.02 Å². The van der Waals surface area contributed by atoms with E-state index in [1.807, 2.05) is 36.4 Å². The fraction of sp³-hybridized carbons (Fsp3) is 0.148. The Labute approximate surface area is 190 Å².